The molecule has 0 radical (unpaired) electrons. The zero-order chi connectivity index (χ0) is 9.80. The second-order valence-electron chi connectivity index (χ2n) is 3.49. The van der Waals surface area contributed by atoms with E-state index in [1.165, 1.54) is 0 Å². The van der Waals surface area contributed by atoms with Crippen molar-refractivity contribution in [2.45, 2.75) is 12.1 Å². The van der Waals surface area contributed by atoms with Crippen LogP contribution in [0.4, 0.5) is 0 Å². The van der Waals surface area contributed by atoms with Crippen molar-refractivity contribution in [3.05, 3.63) is 35.9 Å². The van der Waals surface area contributed by atoms with Crippen molar-refractivity contribution in [3.8, 4) is 0 Å². The van der Waals surface area contributed by atoms with E-state index in [1.54, 1.807) is 0 Å². The summed E-state index contributed by atoms with van der Waals surface area (Å²) >= 11 is 0. The molecule has 0 saturated carbocycles. The first kappa shape index (κ1) is 12.5. The summed E-state index contributed by atoms with van der Waals surface area (Å²) in [7, 11) is 0. The fourth-order valence-electron chi connectivity index (χ4n) is 1.67. The van der Waals surface area contributed by atoms with Gasteiger partial charge in [0.2, 0.25) is 0 Å². The van der Waals surface area contributed by atoms with E-state index >= 15 is 0 Å². The van der Waals surface area contributed by atoms with Crippen molar-refractivity contribution < 1.29 is 9.84 Å². The molecule has 1 aromatic carbocycles. The fraction of sp³-hybridized carbons (Fsp3) is 0.455. The number of rotatable bonds is 2. The molecule has 0 amide bonds. The number of morpholine rings is 1. The number of aliphatic hydroxyl groups excluding tert-OH is 1. The molecule has 3 nitrogen and oxygen atoms in total. The predicted molar refractivity (Wildman–Crippen MR) is 61.3 cm³/mol. The Labute approximate surface area is 95.9 Å². The van der Waals surface area contributed by atoms with Gasteiger partial charge >= 0.3 is 0 Å². The van der Waals surface area contributed by atoms with Crippen LogP contribution in [0.1, 0.15) is 11.7 Å². The maximum atomic E-state index is 10.0. The SMILES string of the molecule is Cl.O[C@H](c1ccccc1)[C@H]1COCCN1. The van der Waals surface area contributed by atoms with Crippen LogP contribution in [-0.2, 0) is 4.74 Å². The van der Waals surface area contributed by atoms with Crippen LogP contribution >= 0.6 is 12.4 Å². The molecule has 2 atom stereocenters. The van der Waals surface area contributed by atoms with Crippen molar-refractivity contribution in [1.82, 2.24) is 5.32 Å². The van der Waals surface area contributed by atoms with Crippen molar-refractivity contribution >= 4 is 12.4 Å². The third-order valence-corrected chi connectivity index (χ3v) is 2.47. The quantitative estimate of drug-likeness (QED) is 0.799. The fourth-order valence-corrected chi connectivity index (χ4v) is 1.67. The van der Waals surface area contributed by atoms with Gasteiger partial charge < -0.3 is 15.2 Å². The smallest absolute Gasteiger partial charge is 0.0965 e. The molecule has 1 fully saturated rings. The summed E-state index contributed by atoms with van der Waals surface area (Å²) < 4.78 is 5.30. The lowest BCUT2D eigenvalue weighted by atomic mass is 10.0. The monoisotopic (exact) mass is 229 g/mol. The summed E-state index contributed by atoms with van der Waals surface area (Å²) in [6.45, 7) is 2.13. The molecule has 0 aromatic heterocycles. The normalized spacial score (nSPS) is 22.9. The molecular weight excluding hydrogens is 214 g/mol. The number of halogens is 1. The molecule has 0 bridgehead atoms. The minimum absolute atomic E-state index is 0. The summed E-state index contributed by atoms with van der Waals surface area (Å²) in [6.07, 6.45) is -0.475. The van der Waals surface area contributed by atoms with Gasteiger partial charge in [-0.15, -0.1) is 12.4 Å². The molecule has 1 aliphatic heterocycles. The molecule has 2 N–H and O–H groups in total. The van der Waals surface area contributed by atoms with Crippen LogP contribution in [0.5, 0.6) is 0 Å². The van der Waals surface area contributed by atoms with Gasteiger partial charge in [0.25, 0.3) is 0 Å². The van der Waals surface area contributed by atoms with Gasteiger partial charge in [-0.05, 0) is 5.56 Å². The summed E-state index contributed by atoms with van der Waals surface area (Å²) in [5.74, 6) is 0. The number of nitrogens with one attached hydrogen (secondary N) is 1. The summed E-state index contributed by atoms with van der Waals surface area (Å²) in [4.78, 5) is 0. The van der Waals surface area contributed by atoms with E-state index in [2.05, 4.69) is 5.32 Å². The number of hydrogen-bond donors (Lipinski definition) is 2. The van der Waals surface area contributed by atoms with E-state index in [-0.39, 0.29) is 18.4 Å². The Balaban J connectivity index is 0.00000112. The molecule has 84 valence electrons. The predicted octanol–water partition coefficient (Wildman–Crippen LogP) is 1.13. The minimum atomic E-state index is -0.475. The number of ether oxygens (including phenoxy) is 1. The molecular formula is C11H16ClNO2. The average molecular weight is 230 g/mol. The van der Waals surface area contributed by atoms with Gasteiger partial charge in [-0.25, -0.2) is 0 Å². The van der Waals surface area contributed by atoms with E-state index in [9.17, 15) is 5.11 Å². The van der Waals surface area contributed by atoms with E-state index in [0.717, 1.165) is 18.7 Å². The van der Waals surface area contributed by atoms with Gasteiger partial charge in [0.05, 0.1) is 25.4 Å². The summed E-state index contributed by atoms with van der Waals surface area (Å²) in [5.41, 5.74) is 0.940. The Morgan fingerprint density at radius 1 is 1.33 bits per heavy atom. The van der Waals surface area contributed by atoms with Gasteiger partial charge in [0, 0.05) is 6.54 Å². The van der Waals surface area contributed by atoms with Crippen LogP contribution < -0.4 is 5.32 Å². The third-order valence-electron chi connectivity index (χ3n) is 2.47. The first-order chi connectivity index (χ1) is 6.88. The van der Waals surface area contributed by atoms with Gasteiger partial charge in [0.1, 0.15) is 0 Å². The van der Waals surface area contributed by atoms with E-state index in [4.69, 9.17) is 4.74 Å². The molecule has 0 unspecified atom stereocenters. The topological polar surface area (TPSA) is 41.5 Å². The van der Waals surface area contributed by atoms with Crippen molar-refractivity contribution in [2.24, 2.45) is 0 Å². The molecule has 2 rings (SSSR count). The first-order valence-electron chi connectivity index (χ1n) is 4.92. The molecule has 1 heterocycles. The Kier molecular flexibility index (Phi) is 5.05. The Morgan fingerprint density at radius 2 is 2.07 bits per heavy atom. The largest absolute Gasteiger partial charge is 0.387 e. The lowest BCUT2D eigenvalue weighted by Crippen LogP contribution is -2.45. The number of aliphatic hydroxyl groups is 1. The van der Waals surface area contributed by atoms with E-state index in [0.29, 0.717) is 6.61 Å². The molecule has 4 heteroatoms. The third kappa shape index (κ3) is 3.18. The number of hydrogen-bond acceptors (Lipinski definition) is 3. The molecule has 1 aliphatic rings. The highest BCUT2D eigenvalue weighted by Crippen LogP contribution is 2.17. The van der Waals surface area contributed by atoms with Crippen molar-refractivity contribution in [3.63, 3.8) is 0 Å². The van der Waals surface area contributed by atoms with Crippen LogP contribution in [0.3, 0.4) is 0 Å². The van der Waals surface area contributed by atoms with Crippen LogP contribution in [-0.4, -0.2) is 30.9 Å². The van der Waals surface area contributed by atoms with E-state index < -0.39 is 6.10 Å². The highest BCUT2D eigenvalue weighted by atomic mass is 35.5. The standard InChI is InChI=1S/C11H15NO2.ClH/c13-11(9-4-2-1-3-5-9)10-8-14-7-6-12-10;/h1-5,10-13H,6-8H2;1H/t10-,11-;/m1./s1. The summed E-state index contributed by atoms with van der Waals surface area (Å²) in [6, 6.07) is 9.69. The van der Waals surface area contributed by atoms with Crippen LogP contribution in [0.25, 0.3) is 0 Å². The van der Waals surface area contributed by atoms with Gasteiger partial charge in [-0.1, -0.05) is 30.3 Å². The first-order valence-corrected chi connectivity index (χ1v) is 4.92. The van der Waals surface area contributed by atoms with Crippen molar-refractivity contribution in [1.29, 1.82) is 0 Å². The maximum Gasteiger partial charge on any atom is 0.0965 e. The second kappa shape index (κ2) is 6.08. The van der Waals surface area contributed by atoms with Gasteiger partial charge in [-0.2, -0.15) is 0 Å². The molecule has 0 spiro atoms. The van der Waals surface area contributed by atoms with Crippen LogP contribution in [0.15, 0.2) is 30.3 Å². The summed E-state index contributed by atoms with van der Waals surface area (Å²) in [5, 5.41) is 13.2. The highest BCUT2D eigenvalue weighted by Gasteiger charge is 2.22. The zero-order valence-electron chi connectivity index (χ0n) is 8.43. The van der Waals surface area contributed by atoms with Gasteiger partial charge in [-0.3, -0.25) is 0 Å². The van der Waals surface area contributed by atoms with Crippen LogP contribution in [0, 0.1) is 0 Å². The molecule has 1 saturated heterocycles. The second-order valence-corrected chi connectivity index (χ2v) is 3.49. The lowest BCUT2D eigenvalue weighted by Gasteiger charge is -2.28. The van der Waals surface area contributed by atoms with Gasteiger partial charge in [0.15, 0.2) is 0 Å². The highest BCUT2D eigenvalue weighted by molar-refractivity contribution is 5.85. The van der Waals surface area contributed by atoms with E-state index in [1.807, 2.05) is 30.3 Å². The molecule has 1 aromatic rings. The molecule has 15 heavy (non-hydrogen) atoms. The Hall–Kier alpha value is -0.610. The minimum Gasteiger partial charge on any atom is -0.387 e. The van der Waals surface area contributed by atoms with Crippen molar-refractivity contribution in [2.75, 3.05) is 19.8 Å². The number of benzene rings is 1. The Morgan fingerprint density at radius 3 is 2.67 bits per heavy atom. The Bertz CT molecular complexity index is 275. The maximum absolute atomic E-state index is 10.0. The average Bonchev–Trinajstić information content (AvgIpc) is 2.30. The molecule has 0 aliphatic carbocycles. The zero-order valence-corrected chi connectivity index (χ0v) is 9.24. The van der Waals surface area contributed by atoms with Crippen LogP contribution in [0.2, 0.25) is 0 Å². The lowest BCUT2D eigenvalue weighted by molar-refractivity contribution is 0.0177.